The van der Waals surface area contributed by atoms with Gasteiger partial charge in [0.2, 0.25) is 5.91 Å². The molecular formula is C31H38IN3O4. The molecule has 1 heterocycles. The molecule has 8 heteroatoms. The number of carbonyl (C=O) groups excluding carboxylic acids is 2. The number of rotatable bonds is 8. The zero-order valence-corrected chi connectivity index (χ0v) is 25.0. The first-order valence-electron chi connectivity index (χ1n) is 13.2. The molecule has 0 aromatic heterocycles. The number of aliphatic hydroxyl groups excluding tert-OH is 1. The van der Waals surface area contributed by atoms with Gasteiger partial charge < -0.3 is 43.6 Å². The topological polar surface area (TPSA) is 87.7 Å². The fraction of sp³-hybridized carbons (Fsp3) is 0.355. The van der Waals surface area contributed by atoms with Crippen LogP contribution in [0.3, 0.4) is 0 Å². The van der Waals surface area contributed by atoms with E-state index in [2.05, 4.69) is 24.7 Å². The molecule has 7 nitrogen and oxygen atoms in total. The first-order chi connectivity index (χ1) is 18.2. The first kappa shape index (κ1) is 30.6. The van der Waals surface area contributed by atoms with Gasteiger partial charge in [0.05, 0.1) is 39.5 Å². The van der Waals surface area contributed by atoms with Crippen LogP contribution in [-0.4, -0.2) is 54.9 Å². The highest BCUT2D eigenvalue weighted by Gasteiger charge is 2.28. The van der Waals surface area contributed by atoms with Gasteiger partial charge in [0, 0.05) is 30.5 Å². The Bertz CT molecular complexity index is 1270. The van der Waals surface area contributed by atoms with E-state index in [1.54, 1.807) is 6.07 Å². The number of piperidine rings is 1. The summed E-state index contributed by atoms with van der Waals surface area (Å²) in [5, 5.41) is 15.3. The smallest absolute Gasteiger partial charge is 0.411 e. The van der Waals surface area contributed by atoms with Crippen molar-refractivity contribution in [1.82, 2.24) is 0 Å². The van der Waals surface area contributed by atoms with Crippen molar-refractivity contribution in [3.63, 3.8) is 0 Å². The van der Waals surface area contributed by atoms with Crippen LogP contribution < -0.4 is 34.6 Å². The largest absolute Gasteiger partial charge is 1.00 e. The Kier molecular flexibility index (Phi) is 10.9. The number of amides is 2. The molecule has 0 bridgehead atoms. The van der Waals surface area contributed by atoms with Gasteiger partial charge in [-0.3, -0.25) is 10.1 Å². The summed E-state index contributed by atoms with van der Waals surface area (Å²) < 4.78 is 6.72. The number of aryl methyl sites for hydroxylation is 2. The van der Waals surface area contributed by atoms with Gasteiger partial charge in [-0.2, -0.15) is 0 Å². The summed E-state index contributed by atoms with van der Waals surface area (Å²) in [6, 6.07) is 21.3. The molecule has 4 rings (SSSR count). The lowest BCUT2D eigenvalue weighted by atomic mass is 9.99. The summed E-state index contributed by atoms with van der Waals surface area (Å²) >= 11 is 0. The van der Waals surface area contributed by atoms with Gasteiger partial charge in [-0.15, -0.1) is 0 Å². The molecule has 0 spiro atoms. The van der Waals surface area contributed by atoms with Gasteiger partial charge in [-0.25, -0.2) is 4.79 Å². The minimum absolute atomic E-state index is 0. The maximum Gasteiger partial charge on any atom is 0.411 e. The van der Waals surface area contributed by atoms with Crippen LogP contribution in [0, 0.1) is 6.92 Å². The highest BCUT2D eigenvalue weighted by atomic mass is 127. The number of ether oxygens (including phenoxy) is 1. The van der Waals surface area contributed by atoms with E-state index in [4.69, 9.17) is 4.74 Å². The number of quaternary nitrogens is 1. The summed E-state index contributed by atoms with van der Waals surface area (Å²) in [6.45, 7) is 3.84. The van der Waals surface area contributed by atoms with Crippen molar-refractivity contribution >= 4 is 23.4 Å². The molecule has 0 saturated carbocycles. The Labute approximate surface area is 248 Å². The third-order valence-electron chi connectivity index (χ3n) is 7.23. The molecule has 2 amide bonds. The minimum atomic E-state index is -0.448. The van der Waals surface area contributed by atoms with Crippen molar-refractivity contribution in [3.8, 4) is 11.1 Å². The molecule has 1 fully saturated rings. The fourth-order valence-electron chi connectivity index (χ4n) is 4.80. The lowest BCUT2D eigenvalue weighted by Gasteiger charge is -2.36. The van der Waals surface area contributed by atoms with E-state index >= 15 is 0 Å². The monoisotopic (exact) mass is 643 g/mol. The van der Waals surface area contributed by atoms with Crippen molar-refractivity contribution in [2.75, 3.05) is 37.8 Å². The van der Waals surface area contributed by atoms with Crippen LogP contribution in [-0.2, 0) is 22.6 Å². The highest BCUT2D eigenvalue weighted by molar-refractivity contribution is 5.92. The van der Waals surface area contributed by atoms with Gasteiger partial charge in [0.25, 0.3) is 0 Å². The van der Waals surface area contributed by atoms with Crippen LogP contribution in [0.5, 0.6) is 0 Å². The van der Waals surface area contributed by atoms with E-state index in [9.17, 15) is 14.7 Å². The molecule has 0 aliphatic carbocycles. The molecular weight excluding hydrogens is 605 g/mol. The molecule has 3 aromatic carbocycles. The standard InChI is InChI=1S/C31H37N3O4.HI/c1-22-19-26(12-11-25(22)21-35)32-30(36)14-10-23-9-13-28(24-7-5-4-6-8-24)29(20-23)33-31(37)38-27-15-17-34(2,3)18-16-27;/h4-9,11-13,19-20,27,35H,10,14-18,21H2,1-3H3,(H-,32,33,36,37);1H. The molecule has 1 aliphatic heterocycles. The summed E-state index contributed by atoms with van der Waals surface area (Å²) in [5.74, 6) is -0.0965. The van der Waals surface area contributed by atoms with E-state index in [1.165, 1.54) is 0 Å². The van der Waals surface area contributed by atoms with E-state index in [-0.39, 0.29) is 42.6 Å². The molecule has 0 atom stereocenters. The van der Waals surface area contributed by atoms with E-state index < -0.39 is 6.09 Å². The number of aliphatic hydroxyl groups is 1. The first-order valence-corrected chi connectivity index (χ1v) is 13.2. The molecule has 0 unspecified atom stereocenters. The van der Waals surface area contributed by atoms with Crippen molar-refractivity contribution in [2.45, 2.75) is 45.3 Å². The number of carbonyl (C=O) groups is 2. The van der Waals surface area contributed by atoms with Crippen molar-refractivity contribution < 1.29 is 47.9 Å². The van der Waals surface area contributed by atoms with Crippen molar-refractivity contribution in [3.05, 3.63) is 83.4 Å². The summed E-state index contributed by atoms with van der Waals surface area (Å²) in [7, 11) is 4.39. The third-order valence-corrected chi connectivity index (χ3v) is 7.23. The second-order valence-electron chi connectivity index (χ2n) is 10.7. The Hall–Kier alpha value is -2.95. The summed E-state index contributed by atoms with van der Waals surface area (Å²) in [6.07, 6.45) is 1.99. The number of anilines is 2. The molecule has 3 aromatic rings. The normalized spacial score (nSPS) is 14.7. The van der Waals surface area contributed by atoms with Gasteiger partial charge in [0.1, 0.15) is 6.10 Å². The average Bonchev–Trinajstić information content (AvgIpc) is 2.89. The van der Waals surface area contributed by atoms with Gasteiger partial charge in [-0.05, 0) is 53.8 Å². The number of benzene rings is 3. The van der Waals surface area contributed by atoms with Crippen LogP contribution in [0.2, 0.25) is 0 Å². The molecule has 39 heavy (non-hydrogen) atoms. The number of hydrogen-bond donors (Lipinski definition) is 3. The van der Waals surface area contributed by atoms with Crippen molar-refractivity contribution in [1.29, 1.82) is 0 Å². The van der Waals surface area contributed by atoms with Gasteiger partial charge in [0.15, 0.2) is 0 Å². The summed E-state index contributed by atoms with van der Waals surface area (Å²) in [4.78, 5) is 25.5. The van der Waals surface area contributed by atoms with Crippen LogP contribution >= 0.6 is 0 Å². The third kappa shape index (κ3) is 8.78. The predicted molar refractivity (Wildman–Crippen MR) is 151 cm³/mol. The van der Waals surface area contributed by atoms with Crippen LogP contribution in [0.25, 0.3) is 11.1 Å². The van der Waals surface area contributed by atoms with Crippen LogP contribution in [0.1, 0.15) is 36.0 Å². The Balaban J connectivity index is 0.00000420. The SMILES string of the molecule is Cc1cc(NC(=O)CCc2ccc(-c3ccccc3)c(NC(=O)OC3CC[N+](C)(C)CC3)c2)ccc1CO.[I-]. The maximum absolute atomic E-state index is 12.9. The Morgan fingerprint density at radius 2 is 1.69 bits per heavy atom. The predicted octanol–water partition coefficient (Wildman–Crippen LogP) is 2.52. The van der Waals surface area contributed by atoms with E-state index in [0.717, 1.165) is 58.2 Å². The molecule has 1 aliphatic rings. The molecule has 0 radical (unpaired) electrons. The number of halogens is 1. The minimum Gasteiger partial charge on any atom is -1.00 e. The van der Waals surface area contributed by atoms with Crippen LogP contribution in [0.15, 0.2) is 66.7 Å². The molecule has 3 N–H and O–H groups in total. The van der Waals surface area contributed by atoms with E-state index in [1.807, 2.05) is 67.6 Å². The number of hydrogen-bond acceptors (Lipinski definition) is 4. The highest BCUT2D eigenvalue weighted by Crippen LogP contribution is 2.30. The number of likely N-dealkylation sites (tertiary alicyclic amines) is 1. The molecule has 1 saturated heterocycles. The van der Waals surface area contributed by atoms with Crippen molar-refractivity contribution in [2.24, 2.45) is 0 Å². The van der Waals surface area contributed by atoms with Gasteiger partial charge in [-0.1, -0.05) is 48.5 Å². The van der Waals surface area contributed by atoms with Gasteiger partial charge >= 0.3 is 6.09 Å². The zero-order valence-electron chi connectivity index (χ0n) is 22.9. The second-order valence-corrected chi connectivity index (χ2v) is 10.7. The average molecular weight is 644 g/mol. The zero-order chi connectivity index (χ0) is 27.1. The quantitative estimate of drug-likeness (QED) is 0.260. The number of nitrogens with one attached hydrogen (secondary N) is 2. The summed E-state index contributed by atoms with van der Waals surface area (Å²) in [5.41, 5.74) is 5.98. The Morgan fingerprint density at radius 1 is 0.974 bits per heavy atom. The lowest BCUT2D eigenvalue weighted by molar-refractivity contribution is -0.896. The maximum atomic E-state index is 12.9. The van der Waals surface area contributed by atoms with Crippen LogP contribution in [0.4, 0.5) is 16.2 Å². The Morgan fingerprint density at radius 3 is 2.36 bits per heavy atom. The molecule has 208 valence electrons. The fourth-order valence-corrected chi connectivity index (χ4v) is 4.80. The lowest BCUT2D eigenvalue weighted by Crippen LogP contribution is -3.00. The second kappa shape index (κ2) is 13.9. The number of nitrogens with zero attached hydrogens (tertiary/aromatic N) is 1. The van der Waals surface area contributed by atoms with E-state index in [0.29, 0.717) is 24.2 Å².